The highest BCUT2D eigenvalue weighted by atomic mass is 79.9. The SMILES string of the molecule is OCc1cc2c(Br)c(CCl)ccc2s1. The number of aliphatic hydroxyl groups excluding tert-OH is 1. The Morgan fingerprint density at radius 1 is 1.43 bits per heavy atom. The number of aliphatic hydroxyl groups is 1. The summed E-state index contributed by atoms with van der Waals surface area (Å²) in [6, 6.07) is 6.05. The zero-order valence-electron chi connectivity index (χ0n) is 7.26. The second-order valence-electron chi connectivity index (χ2n) is 2.95. The Kier molecular flexibility index (Phi) is 3.12. The van der Waals surface area contributed by atoms with E-state index in [1.165, 1.54) is 4.70 Å². The lowest BCUT2D eigenvalue weighted by Crippen LogP contribution is -1.79. The quantitative estimate of drug-likeness (QED) is 0.832. The number of thiophene rings is 1. The van der Waals surface area contributed by atoms with Gasteiger partial charge in [-0.3, -0.25) is 0 Å². The number of hydrogen-bond donors (Lipinski definition) is 1. The molecule has 0 aliphatic heterocycles. The van der Waals surface area contributed by atoms with Crippen molar-refractivity contribution in [3.63, 3.8) is 0 Å². The summed E-state index contributed by atoms with van der Waals surface area (Å²) >= 11 is 10.9. The molecule has 0 atom stereocenters. The van der Waals surface area contributed by atoms with Crippen LogP contribution in [0.2, 0.25) is 0 Å². The molecule has 0 aliphatic rings. The van der Waals surface area contributed by atoms with Crippen molar-refractivity contribution in [3.8, 4) is 0 Å². The number of alkyl halides is 1. The van der Waals surface area contributed by atoms with Crippen LogP contribution >= 0.6 is 38.9 Å². The predicted octanol–water partition coefficient (Wildman–Crippen LogP) is 3.89. The fourth-order valence-electron chi connectivity index (χ4n) is 1.36. The minimum atomic E-state index is 0.0992. The van der Waals surface area contributed by atoms with Gasteiger partial charge in [-0.15, -0.1) is 22.9 Å². The summed E-state index contributed by atoms with van der Waals surface area (Å²) in [5.41, 5.74) is 1.08. The van der Waals surface area contributed by atoms with Crippen molar-refractivity contribution in [2.75, 3.05) is 0 Å². The first-order valence-corrected chi connectivity index (χ1v) is 6.27. The third-order valence-electron chi connectivity index (χ3n) is 2.07. The van der Waals surface area contributed by atoms with E-state index in [-0.39, 0.29) is 6.61 Å². The molecule has 2 rings (SSSR count). The first-order chi connectivity index (χ1) is 6.76. The lowest BCUT2D eigenvalue weighted by atomic mass is 10.2. The monoisotopic (exact) mass is 290 g/mol. The lowest BCUT2D eigenvalue weighted by molar-refractivity contribution is 0.285. The van der Waals surface area contributed by atoms with Crippen molar-refractivity contribution in [1.29, 1.82) is 0 Å². The van der Waals surface area contributed by atoms with Gasteiger partial charge in [0.1, 0.15) is 0 Å². The molecule has 0 bridgehead atoms. The van der Waals surface area contributed by atoms with Crippen LogP contribution in [0.4, 0.5) is 0 Å². The Morgan fingerprint density at radius 3 is 2.86 bits per heavy atom. The van der Waals surface area contributed by atoms with Crippen LogP contribution in [0.5, 0.6) is 0 Å². The Hall–Kier alpha value is -0.0900. The maximum atomic E-state index is 9.03. The number of halogens is 2. The molecule has 1 aromatic heterocycles. The van der Waals surface area contributed by atoms with Gasteiger partial charge in [-0.1, -0.05) is 6.07 Å². The molecule has 0 aliphatic carbocycles. The topological polar surface area (TPSA) is 20.2 Å². The minimum Gasteiger partial charge on any atom is -0.391 e. The van der Waals surface area contributed by atoms with E-state index < -0.39 is 0 Å². The Labute approximate surface area is 99.4 Å². The van der Waals surface area contributed by atoms with Crippen LogP contribution in [0.3, 0.4) is 0 Å². The first-order valence-electron chi connectivity index (χ1n) is 4.13. The molecule has 1 aromatic carbocycles. The van der Waals surface area contributed by atoms with Crippen LogP contribution in [0.1, 0.15) is 10.4 Å². The van der Waals surface area contributed by atoms with Crippen molar-refractivity contribution in [1.82, 2.24) is 0 Å². The first kappa shape index (κ1) is 10.4. The molecular weight excluding hydrogens is 284 g/mol. The van der Waals surface area contributed by atoms with Crippen LogP contribution in [-0.4, -0.2) is 5.11 Å². The van der Waals surface area contributed by atoms with Crippen molar-refractivity contribution in [2.24, 2.45) is 0 Å². The van der Waals surface area contributed by atoms with Crippen LogP contribution < -0.4 is 0 Å². The van der Waals surface area contributed by atoms with Crippen LogP contribution in [0, 0.1) is 0 Å². The average Bonchev–Trinajstić information content (AvgIpc) is 2.62. The maximum Gasteiger partial charge on any atom is 0.0774 e. The molecule has 0 unspecified atom stereocenters. The van der Waals surface area contributed by atoms with E-state index in [4.69, 9.17) is 16.7 Å². The van der Waals surface area contributed by atoms with Gasteiger partial charge in [0.15, 0.2) is 0 Å². The summed E-state index contributed by atoms with van der Waals surface area (Å²) in [6.45, 7) is 0.0992. The van der Waals surface area contributed by atoms with Crippen molar-refractivity contribution in [3.05, 3.63) is 33.1 Å². The zero-order chi connectivity index (χ0) is 10.1. The number of fused-ring (bicyclic) bond motifs is 1. The summed E-state index contributed by atoms with van der Waals surface area (Å²) in [4.78, 5) is 0.979. The van der Waals surface area contributed by atoms with Crippen LogP contribution in [0.15, 0.2) is 22.7 Å². The fourth-order valence-corrected chi connectivity index (χ4v) is 3.40. The highest BCUT2D eigenvalue weighted by Crippen LogP contribution is 2.34. The largest absolute Gasteiger partial charge is 0.391 e. The molecular formula is C10H8BrClOS. The van der Waals surface area contributed by atoms with Crippen LogP contribution in [0.25, 0.3) is 10.1 Å². The van der Waals surface area contributed by atoms with E-state index in [2.05, 4.69) is 15.9 Å². The average molecular weight is 292 g/mol. The molecule has 0 saturated carbocycles. The molecule has 0 spiro atoms. The van der Waals surface area contributed by atoms with E-state index in [0.717, 1.165) is 20.3 Å². The van der Waals surface area contributed by atoms with Crippen molar-refractivity contribution >= 4 is 49.0 Å². The molecule has 0 amide bonds. The van der Waals surface area contributed by atoms with Gasteiger partial charge in [0.25, 0.3) is 0 Å². The Morgan fingerprint density at radius 2 is 2.21 bits per heavy atom. The number of hydrogen-bond acceptors (Lipinski definition) is 2. The second-order valence-corrected chi connectivity index (χ2v) is 5.18. The summed E-state index contributed by atoms with van der Waals surface area (Å²) in [6.07, 6.45) is 0. The van der Waals surface area contributed by atoms with E-state index >= 15 is 0 Å². The second kappa shape index (κ2) is 4.19. The molecule has 74 valence electrons. The summed E-state index contributed by atoms with van der Waals surface area (Å²) in [5.74, 6) is 0.501. The van der Waals surface area contributed by atoms with Gasteiger partial charge in [-0.05, 0) is 33.6 Å². The summed E-state index contributed by atoms with van der Waals surface area (Å²) in [7, 11) is 0. The molecule has 14 heavy (non-hydrogen) atoms. The Bertz CT molecular complexity index is 466. The van der Waals surface area contributed by atoms with E-state index in [1.54, 1.807) is 11.3 Å². The zero-order valence-corrected chi connectivity index (χ0v) is 10.4. The molecule has 0 saturated heterocycles. The van der Waals surface area contributed by atoms with E-state index in [1.807, 2.05) is 18.2 Å². The third-order valence-corrected chi connectivity index (χ3v) is 4.38. The highest BCUT2D eigenvalue weighted by molar-refractivity contribution is 9.10. The van der Waals surface area contributed by atoms with Gasteiger partial charge >= 0.3 is 0 Å². The molecule has 1 nitrogen and oxygen atoms in total. The highest BCUT2D eigenvalue weighted by Gasteiger charge is 2.07. The fraction of sp³-hybridized carbons (Fsp3) is 0.200. The van der Waals surface area contributed by atoms with E-state index in [9.17, 15) is 0 Å². The molecule has 2 aromatic rings. The molecule has 4 heteroatoms. The molecule has 0 fully saturated rings. The van der Waals surface area contributed by atoms with E-state index in [0.29, 0.717) is 5.88 Å². The summed E-state index contributed by atoms with van der Waals surface area (Å²) in [5, 5.41) is 10.2. The lowest BCUT2D eigenvalue weighted by Gasteiger charge is -2.00. The van der Waals surface area contributed by atoms with Crippen LogP contribution in [-0.2, 0) is 12.5 Å². The smallest absolute Gasteiger partial charge is 0.0774 e. The van der Waals surface area contributed by atoms with Gasteiger partial charge in [0.05, 0.1) is 6.61 Å². The standard InChI is InChI=1S/C10H8BrClOS/c11-10-6(4-12)1-2-9-8(10)3-7(5-13)14-9/h1-3,13H,4-5H2. The number of rotatable bonds is 2. The van der Waals surface area contributed by atoms with Crippen molar-refractivity contribution in [2.45, 2.75) is 12.5 Å². The minimum absolute atomic E-state index is 0.0992. The van der Waals surface area contributed by atoms with Gasteiger partial charge in [-0.2, -0.15) is 0 Å². The normalized spacial score (nSPS) is 11.1. The number of benzene rings is 1. The summed E-state index contributed by atoms with van der Waals surface area (Å²) < 4.78 is 2.22. The molecule has 1 heterocycles. The third kappa shape index (κ3) is 1.70. The van der Waals surface area contributed by atoms with Gasteiger partial charge in [-0.25, -0.2) is 0 Å². The van der Waals surface area contributed by atoms with Gasteiger partial charge in [0.2, 0.25) is 0 Å². The van der Waals surface area contributed by atoms with Crippen molar-refractivity contribution < 1.29 is 5.11 Å². The van der Waals surface area contributed by atoms with Gasteiger partial charge in [0, 0.05) is 25.3 Å². The molecule has 1 N–H and O–H groups in total. The Balaban J connectivity index is 2.68. The predicted molar refractivity (Wildman–Crippen MR) is 65.0 cm³/mol. The molecule has 0 radical (unpaired) electrons. The maximum absolute atomic E-state index is 9.03. The van der Waals surface area contributed by atoms with Gasteiger partial charge < -0.3 is 5.11 Å².